The summed E-state index contributed by atoms with van der Waals surface area (Å²) in [7, 11) is 0. The number of nitrogens with zero attached hydrogens (tertiary/aromatic N) is 1. The van der Waals surface area contributed by atoms with Gasteiger partial charge in [-0.05, 0) is 25.1 Å². The summed E-state index contributed by atoms with van der Waals surface area (Å²) < 4.78 is 5.16. The number of hydrogen-bond acceptors (Lipinski definition) is 4. The Morgan fingerprint density at radius 3 is 2.79 bits per heavy atom. The summed E-state index contributed by atoms with van der Waals surface area (Å²) in [5.74, 6) is -0.803. The van der Waals surface area contributed by atoms with Crippen LogP contribution in [0.25, 0.3) is 27.9 Å². The van der Waals surface area contributed by atoms with Gasteiger partial charge in [0.05, 0.1) is 5.52 Å². The first kappa shape index (κ1) is 17.7. The highest BCUT2D eigenvalue weighted by Crippen LogP contribution is 2.22. The molecule has 5 nitrogen and oxygen atoms in total. The summed E-state index contributed by atoms with van der Waals surface area (Å²) in [5, 5.41) is 1.82. The van der Waals surface area contributed by atoms with Gasteiger partial charge in [-0.3, -0.25) is 9.78 Å². The normalized spacial score (nSPS) is 11.3. The number of aromatic amines is 1. The Morgan fingerprint density at radius 1 is 1.07 bits per heavy atom. The topological polar surface area (TPSA) is 72.1 Å². The summed E-state index contributed by atoms with van der Waals surface area (Å²) in [6, 6.07) is 17.1. The molecule has 2 aromatic heterocycles. The van der Waals surface area contributed by atoms with Crippen LogP contribution in [0.3, 0.4) is 0 Å². The zero-order chi connectivity index (χ0) is 19.5. The van der Waals surface area contributed by atoms with E-state index in [1.54, 1.807) is 12.3 Å². The predicted molar refractivity (Wildman–Crippen MR) is 109 cm³/mol. The summed E-state index contributed by atoms with van der Waals surface area (Å²) in [5.41, 5.74) is 3.83. The average Bonchev–Trinajstić information content (AvgIpc) is 3.06. The number of H-pyrrole nitrogens is 1. The molecule has 0 aliphatic heterocycles. The monoisotopic (exact) mass is 370 g/mol. The molecule has 0 bridgehead atoms. The van der Waals surface area contributed by atoms with E-state index in [-0.39, 0.29) is 12.4 Å². The molecule has 0 amide bonds. The van der Waals surface area contributed by atoms with Crippen LogP contribution in [-0.2, 0) is 9.53 Å². The lowest BCUT2D eigenvalue weighted by atomic mass is 10.1. The smallest absolute Gasteiger partial charge is 0.331 e. The van der Waals surface area contributed by atoms with E-state index in [4.69, 9.17) is 4.74 Å². The van der Waals surface area contributed by atoms with Crippen molar-refractivity contribution in [2.45, 2.75) is 6.92 Å². The molecule has 0 spiro atoms. The van der Waals surface area contributed by atoms with E-state index in [0.717, 1.165) is 33.1 Å². The summed E-state index contributed by atoms with van der Waals surface area (Å²) >= 11 is 0. The number of carbonyl (C=O) groups excluding carboxylic acids is 2. The van der Waals surface area contributed by atoms with E-state index >= 15 is 0 Å². The zero-order valence-electron chi connectivity index (χ0n) is 15.3. The molecule has 28 heavy (non-hydrogen) atoms. The predicted octanol–water partition coefficient (Wildman–Crippen LogP) is 4.46. The maximum absolute atomic E-state index is 12.6. The number of carbonyl (C=O) groups is 2. The summed E-state index contributed by atoms with van der Waals surface area (Å²) in [6.07, 6.45) is 4.68. The molecule has 5 heteroatoms. The molecule has 0 unspecified atom stereocenters. The van der Waals surface area contributed by atoms with Gasteiger partial charge in [-0.25, -0.2) is 4.79 Å². The Bertz CT molecular complexity index is 1220. The SMILES string of the molecule is Cc1[nH]c2ccccc2c1C(=O)COC(=O)/C=C/c1cccc2cccnc12. The van der Waals surface area contributed by atoms with Gasteiger partial charge in [0.15, 0.2) is 6.61 Å². The minimum atomic E-state index is -0.571. The highest BCUT2D eigenvalue weighted by molar-refractivity contribution is 6.10. The van der Waals surface area contributed by atoms with Crippen LogP contribution in [0, 0.1) is 6.92 Å². The average molecular weight is 370 g/mol. The number of hydrogen-bond donors (Lipinski definition) is 1. The van der Waals surface area contributed by atoms with Crippen LogP contribution >= 0.6 is 0 Å². The van der Waals surface area contributed by atoms with Crippen LogP contribution in [0.2, 0.25) is 0 Å². The van der Waals surface area contributed by atoms with E-state index in [2.05, 4.69) is 9.97 Å². The van der Waals surface area contributed by atoms with Gasteiger partial charge in [0, 0.05) is 45.4 Å². The minimum Gasteiger partial charge on any atom is -0.454 e. The molecule has 138 valence electrons. The number of aromatic nitrogens is 2. The Hall–Kier alpha value is -3.73. The molecule has 4 aromatic rings. The molecular formula is C23H18N2O3. The lowest BCUT2D eigenvalue weighted by molar-refractivity contribution is -0.136. The lowest BCUT2D eigenvalue weighted by Crippen LogP contribution is -2.13. The fraction of sp³-hybridized carbons (Fsp3) is 0.0870. The third-order valence-electron chi connectivity index (χ3n) is 4.58. The molecule has 0 atom stereocenters. The summed E-state index contributed by atoms with van der Waals surface area (Å²) in [4.78, 5) is 32.2. The van der Waals surface area contributed by atoms with Gasteiger partial charge < -0.3 is 9.72 Å². The molecule has 4 rings (SSSR count). The molecule has 0 aliphatic rings. The maximum Gasteiger partial charge on any atom is 0.331 e. The number of rotatable bonds is 5. The van der Waals surface area contributed by atoms with Crippen molar-refractivity contribution in [2.75, 3.05) is 6.61 Å². The highest BCUT2D eigenvalue weighted by atomic mass is 16.5. The molecule has 1 N–H and O–H groups in total. The van der Waals surface area contributed by atoms with Crippen LogP contribution < -0.4 is 0 Å². The number of ketones is 1. The second-order valence-electron chi connectivity index (χ2n) is 6.46. The lowest BCUT2D eigenvalue weighted by Gasteiger charge is -2.03. The number of Topliss-reactive ketones (excluding diaryl/α,β-unsaturated/α-hetero) is 1. The van der Waals surface area contributed by atoms with Crippen molar-refractivity contribution in [1.29, 1.82) is 0 Å². The maximum atomic E-state index is 12.6. The Kier molecular flexibility index (Phi) is 4.72. The van der Waals surface area contributed by atoms with Gasteiger partial charge in [-0.2, -0.15) is 0 Å². The second-order valence-corrected chi connectivity index (χ2v) is 6.46. The standard InChI is InChI=1S/C23H18N2O3/c1-15-22(18-9-2-3-10-19(18)25-15)20(26)14-28-21(27)12-11-17-7-4-6-16-8-5-13-24-23(16)17/h2-13,25H,14H2,1H3/b12-11+. The molecule has 2 aromatic carbocycles. The number of pyridine rings is 1. The van der Waals surface area contributed by atoms with Crippen LogP contribution in [0.1, 0.15) is 21.6 Å². The number of fused-ring (bicyclic) bond motifs is 2. The zero-order valence-corrected chi connectivity index (χ0v) is 15.3. The van der Waals surface area contributed by atoms with E-state index in [1.807, 2.05) is 61.5 Å². The van der Waals surface area contributed by atoms with Crippen molar-refractivity contribution in [3.05, 3.63) is 83.7 Å². The molecule has 0 saturated heterocycles. The number of ether oxygens (including phenoxy) is 1. The first-order valence-corrected chi connectivity index (χ1v) is 8.92. The highest BCUT2D eigenvalue weighted by Gasteiger charge is 2.16. The van der Waals surface area contributed by atoms with Gasteiger partial charge in [-0.1, -0.05) is 42.5 Å². The van der Waals surface area contributed by atoms with Crippen LogP contribution in [0.15, 0.2) is 66.9 Å². The molecule has 0 aliphatic carbocycles. The second kappa shape index (κ2) is 7.48. The van der Waals surface area contributed by atoms with Crippen molar-refractivity contribution in [3.63, 3.8) is 0 Å². The number of nitrogens with one attached hydrogen (secondary N) is 1. The number of aryl methyl sites for hydroxylation is 1. The van der Waals surface area contributed by atoms with Crippen molar-refractivity contribution < 1.29 is 14.3 Å². The van der Waals surface area contributed by atoms with Crippen molar-refractivity contribution >= 4 is 39.6 Å². The van der Waals surface area contributed by atoms with Crippen LogP contribution in [0.5, 0.6) is 0 Å². The molecular weight excluding hydrogens is 352 g/mol. The van der Waals surface area contributed by atoms with Gasteiger partial charge >= 0.3 is 5.97 Å². The Morgan fingerprint density at radius 2 is 1.89 bits per heavy atom. The fourth-order valence-electron chi connectivity index (χ4n) is 3.31. The fourth-order valence-corrected chi connectivity index (χ4v) is 3.31. The van der Waals surface area contributed by atoms with Gasteiger partial charge in [0.1, 0.15) is 0 Å². The van der Waals surface area contributed by atoms with Gasteiger partial charge in [-0.15, -0.1) is 0 Å². The Labute approximate surface area is 161 Å². The molecule has 0 fully saturated rings. The van der Waals surface area contributed by atoms with E-state index in [0.29, 0.717) is 5.56 Å². The number of para-hydroxylation sites is 2. The molecule has 0 radical (unpaired) electrons. The quantitative estimate of drug-likeness (QED) is 0.320. The van der Waals surface area contributed by atoms with Gasteiger partial charge in [0.2, 0.25) is 5.78 Å². The number of benzene rings is 2. The molecule has 0 saturated carbocycles. The first-order chi connectivity index (χ1) is 13.6. The number of esters is 1. The van der Waals surface area contributed by atoms with E-state index in [9.17, 15) is 9.59 Å². The largest absolute Gasteiger partial charge is 0.454 e. The first-order valence-electron chi connectivity index (χ1n) is 8.92. The van der Waals surface area contributed by atoms with Crippen LogP contribution in [-0.4, -0.2) is 28.3 Å². The van der Waals surface area contributed by atoms with E-state index < -0.39 is 5.97 Å². The van der Waals surface area contributed by atoms with Crippen molar-refractivity contribution in [1.82, 2.24) is 9.97 Å². The summed E-state index contributed by atoms with van der Waals surface area (Å²) in [6.45, 7) is 1.53. The third kappa shape index (κ3) is 3.42. The Balaban J connectivity index is 1.46. The van der Waals surface area contributed by atoms with E-state index in [1.165, 1.54) is 6.08 Å². The van der Waals surface area contributed by atoms with Gasteiger partial charge in [0.25, 0.3) is 0 Å². The van der Waals surface area contributed by atoms with Crippen molar-refractivity contribution in [2.24, 2.45) is 0 Å². The third-order valence-corrected chi connectivity index (χ3v) is 4.58. The van der Waals surface area contributed by atoms with Crippen molar-refractivity contribution in [3.8, 4) is 0 Å². The van der Waals surface area contributed by atoms with Crippen LogP contribution in [0.4, 0.5) is 0 Å². The minimum absolute atomic E-state index is 0.233. The molecule has 2 heterocycles.